The molecule has 0 atom stereocenters. The zero-order valence-corrected chi connectivity index (χ0v) is 9.85. The average molecular weight is 202 g/mol. The first-order chi connectivity index (χ1) is 6.24. The van der Waals surface area contributed by atoms with Gasteiger partial charge in [0.15, 0.2) is 0 Å². The van der Waals surface area contributed by atoms with Crippen LogP contribution >= 0.6 is 0 Å². The van der Waals surface area contributed by atoms with Gasteiger partial charge in [-0.2, -0.15) is 0 Å². The number of hydrogen-bond donors (Lipinski definition) is 0. The summed E-state index contributed by atoms with van der Waals surface area (Å²) in [5.41, 5.74) is 2.92. The van der Waals surface area contributed by atoms with Crippen molar-refractivity contribution in [3.63, 3.8) is 0 Å². The molecule has 0 amide bonds. The van der Waals surface area contributed by atoms with Crippen molar-refractivity contribution in [2.75, 3.05) is 19.8 Å². The van der Waals surface area contributed by atoms with Gasteiger partial charge in [0.2, 0.25) is 0 Å². The van der Waals surface area contributed by atoms with Crippen LogP contribution in [0.25, 0.3) is 0 Å². The summed E-state index contributed by atoms with van der Waals surface area (Å²) in [4.78, 5) is 0. The van der Waals surface area contributed by atoms with E-state index in [2.05, 4.69) is 11.5 Å². The third kappa shape index (κ3) is 4.43. The summed E-state index contributed by atoms with van der Waals surface area (Å²) in [6.45, 7) is 9.22. The summed E-state index contributed by atoms with van der Waals surface area (Å²) in [7, 11) is -2.66. The highest BCUT2D eigenvalue weighted by Crippen LogP contribution is 2.08. The molecule has 0 saturated carbocycles. The normalized spacial score (nSPS) is 10.8. The predicted octanol–water partition coefficient (Wildman–Crippen LogP) is 1.60. The Hall–Kier alpha value is -0.343. The van der Waals surface area contributed by atoms with Crippen LogP contribution in [-0.4, -0.2) is 28.6 Å². The minimum Gasteiger partial charge on any atom is -0.364 e. The molecule has 0 aromatic carbocycles. The van der Waals surface area contributed by atoms with E-state index in [-0.39, 0.29) is 0 Å². The molecule has 0 N–H and O–H groups in total. The second kappa shape index (κ2) is 7.10. The summed E-state index contributed by atoms with van der Waals surface area (Å²) in [6.07, 6.45) is 0. The summed E-state index contributed by atoms with van der Waals surface area (Å²) >= 11 is 0. The maximum Gasteiger partial charge on any atom is 0.591 e. The highest BCUT2D eigenvalue weighted by molar-refractivity contribution is 6.69. The van der Waals surface area contributed by atoms with Gasteiger partial charge in [-0.25, -0.2) is 0 Å². The Balaban J connectivity index is 4.44. The fraction of sp³-hybridized carbons (Fsp3) is 0.778. The van der Waals surface area contributed by atoms with E-state index in [0.717, 1.165) is 0 Å². The van der Waals surface area contributed by atoms with Crippen molar-refractivity contribution in [2.24, 2.45) is 0 Å². The van der Waals surface area contributed by atoms with Crippen LogP contribution in [0.1, 0.15) is 27.7 Å². The van der Waals surface area contributed by atoms with Gasteiger partial charge in [0.25, 0.3) is 0 Å². The van der Waals surface area contributed by atoms with E-state index in [1.807, 2.05) is 20.8 Å². The second-order valence-electron chi connectivity index (χ2n) is 2.23. The molecule has 0 heterocycles. The van der Waals surface area contributed by atoms with E-state index >= 15 is 0 Å². The quantitative estimate of drug-likeness (QED) is 0.483. The lowest BCUT2D eigenvalue weighted by atomic mass is 10.8. The molecule has 0 aliphatic rings. The van der Waals surface area contributed by atoms with Gasteiger partial charge in [-0.15, -0.1) is 5.92 Å². The summed E-state index contributed by atoms with van der Waals surface area (Å²) in [5.74, 6) is 2.80. The Morgan fingerprint density at radius 1 is 0.923 bits per heavy atom. The van der Waals surface area contributed by atoms with Crippen molar-refractivity contribution in [3.8, 4) is 11.5 Å². The maximum atomic E-state index is 5.47. The van der Waals surface area contributed by atoms with Crippen LogP contribution < -0.4 is 0 Å². The van der Waals surface area contributed by atoms with Crippen molar-refractivity contribution < 1.29 is 13.3 Å². The fourth-order valence-corrected chi connectivity index (χ4v) is 2.87. The van der Waals surface area contributed by atoms with Gasteiger partial charge in [0, 0.05) is 19.8 Å². The van der Waals surface area contributed by atoms with Crippen molar-refractivity contribution in [1.82, 2.24) is 0 Å². The van der Waals surface area contributed by atoms with Crippen LogP contribution in [0.15, 0.2) is 0 Å². The zero-order valence-electron chi connectivity index (χ0n) is 8.85. The molecule has 76 valence electrons. The van der Waals surface area contributed by atoms with Gasteiger partial charge in [-0.05, 0) is 33.2 Å². The minimum atomic E-state index is -2.66. The van der Waals surface area contributed by atoms with Gasteiger partial charge < -0.3 is 13.3 Å². The van der Waals surface area contributed by atoms with E-state index in [0.29, 0.717) is 19.8 Å². The third-order valence-corrected chi connectivity index (χ3v) is 3.84. The lowest BCUT2D eigenvalue weighted by Crippen LogP contribution is -2.45. The van der Waals surface area contributed by atoms with E-state index in [4.69, 9.17) is 13.3 Å². The van der Waals surface area contributed by atoms with Crippen LogP contribution in [0.4, 0.5) is 0 Å². The zero-order chi connectivity index (χ0) is 10.2. The SMILES string of the molecule is CC#C[Si](OCC)(OCC)OCC. The van der Waals surface area contributed by atoms with Crippen LogP contribution in [0, 0.1) is 11.5 Å². The Bertz CT molecular complexity index is 166. The molecular weight excluding hydrogens is 184 g/mol. The lowest BCUT2D eigenvalue weighted by molar-refractivity contribution is 0.0870. The second-order valence-corrected chi connectivity index (χ2v) is 4.46. The van der Waals surface area contributed by atoms with Crippen LogP contribution in [0.3, 0.4) is 0 Å². The molecular formula is C9H18O3Si. The molecule has 13 heavy (non-hydrogen) atoms. The number of hydrogen-bond acceptors (Lipinski definition) is 3. The Labute approximate surface area is 81.7 Å². The summed E-state index contributed by atoms with van der Waals surface area (Å²) in [5, 5.41) is 0. The topological polar surface area (TPSA) is 27.7 Å². The van der Waals surface area contributed by atoms with Gasteiger partial charge in [-0.1, -0.05) is 0 Å². The molecule has 0 aliphatic carbocycles. The smallest absolute Gasteiger partial charge is 0.364 e. The van der Waals surface area contributed by atoms with E-state index in [9.17, 15) is 0 Å². The van der Waals surface area contributed by atoms with Crippen molar-refractivity contribution in [1.29, 1.82) is 0 Å². The standard InChI is InChI=1S/C9H18O3Si/c1-5-9-13(10-6-2,11-7-3)12-8-4/h6-8H2,1-4H3. The highest BCUT2D eigenvalue weighted by Gasteiger charge is 2.39. The Morgan fingerprint density at radius 2 is 1.31 bits per heavy atom. The fourth-order valence-electron chi connectivity index (χ4n) is 0.956. The molecule has 0 unspecified atom stereocenters. The first-order valence-corrected chi connectivity index (χ1v) is 6.32. The van der Waals surface area contributed by atoms with Crippen molar-refractivity contribution in [3.05, 3.63) is 0 Å². The van der Waals surface area contributed by atoms with Gasteiger partial charge >= 0.3 is 8.80 Å². The lowest BCUT2D eigenvalue weighted by Gasteiger charge is -2.22. The molecule has 0 aromatic rings. The molecule has 0 spiro atoms. The third-order valence-electron chi connectivity index (χ3n) is 1.28. The largest absolute Gasteiger partial charge is 0.591 e. The van der Waals surface area contributed by atoms with E-state index < -0.39 is 8.80 Å². The highest BCUT2D eigenvalue weighted by atomic mass is 28.4. The first-order valence-electron chi connectivity index (χ1n) is 4.60. The summed E-state index contributed by atoms with van der Waals surface area (Å²) < 4.78 is 16.4. The van der Waals surface area contributed by atoms with Crippen molar-refractivity contribution in [2.45, 2.75) is 27.7 Å². The van der Waals surface area contributed by atoms with Gasteiger partial charge in [0.05, 0.1) is 0 Å². The molecule has 0 bridgehead atoms. The predicted molar refractivity (Wildman–Crippen MR) is 54.1 cm³/mol. The molecule has 0 rings (SSSR count). The monoisotopic (exact) mass is 202 g/mol. The molecule has 0 radical (unpaired) electrons. The van der Waals surface area contributed by atoms with Gasteiger partial charge in [-0.3, -0.25) is 0 Å². The molecule has 3 nitrogen and oxygen atoms in total. The van der Waals surface area contributed by atoms with E-state index in [1.165, 1.54) is 0 Å². The number of rotatable bonds is 6. The summed E-state index contributed by atoms with van der Waals surface area (Å²) in [6, 6.07) is 0. The molecule has 0 saturated heterocycles. The molecule has 0 fully saturated rings. The molecule has 4 heteroatoms. The Kier molecular flexibility index (Phi) is 6.91. The van der Waals surface area contributed by atoms with Crippen LogP contribution in [0.5, 0.6) is 0 Å². The van der Waals surface area contributed by atoms with Crippen LogP contribution in [-0.2, 0) is 13.3 Å². The van der Waals surface area contributed by atoms with E-state index in [1.54, 1.807) is 6.92 Å². The maximum absolute atomic E-state index is 5.47. The van der Waals surface area contributed by atoms with Crippen molar-refractivity contribution >= 4 is 8.80 Å². The minimum absolute atomic E-state index is 0.570. The first kappa shape index (κ1) is 12.7. The molecule has 0 aromatic heterocycles. The Morgan fingerprint density at radius 3 is 1.54 bits per heavy atom. The van der Waals surface area contributed by atoms with Gasteiger partial charge in [0.1, 0.15) is 0 Å². The molecule has 0 aliphatic heterocycles. The average Bonchev–Trinajstić information content (AvgIpc) is 2.06. The van der Waals surface area contributed by atoms with Crippen LogP contribution in [0.2, 0.25) is 0 Å².